The van der Waals surface area contributed by atoms with Gasteiger partial charge >= 0.3 is 0 Å². The van der Waals surface area contributed by atoms with Gasteiger partial charge in [-0.15, -0.1) is 10.2 Å². The lowest BCUT2D eigenvalue weighted by atomic mass is 10.2. The molecule has 0 fully saturated rings. The second-order valence-electron chi connectivity index (χ2n) is 2.61. The number of carbonyl (C=O) groups excluding carboxylic acids is 1. The molecule has 0 aliphatic rings. The number of nitriles is 1. The Balaban J connectivity index is 2.66. The molecule has 0 aliphatic heterocycles. The van der Waals surface area contributed by atoms with Crippen LogP contribution < -0.4 is 5.32 Å². The highest BCUT2D eigenvalue weighted by molar-refractivity contribution is 5.92. The molecule has 0 saturated heterocycles. The number of aryl methyl sites for hydroxylation is 1. The summed E-state index contributed by atoms with van der Waals surface area (Å²) in [5.41, 5.74) is 0. The van der Waals surface area contributed by atoms with Crippen LogP contribution in [0.1, 0.15) is 6.92 Å². The van der Waals surface area contributed by atoms with Crippen molar-refractivity contribution in [1.82, 2.24) is 14.8 Å². The van der Waals surface area contributed by atoms with Crippen LogP contribution in [0.25, 0.3) is 0 Å². The second-order valence-corrected chi connectivity index (χ2v) is 2.61. The molecule has 1 unspecified atom stereocenters. The van der Waals surface area contributed by atoms with Crippen molar-refractivity contribution < 1.29 is 4.79 Å². The first-order chi connectivity index (χ1) is 6.15. The van der Waals surface area contributed by atoms with Crippen LogP contribution in [-0.4, -0.2) is 20.7 Å². The minimum atomic E-state index is -0.684. The van der Waals surface area contributed by atoms with Crippen LogP contribution in [-0.2, 0) is 11.8 Å². The molecule has 1 rings (SSSR count). The summed E-state index contributed by atoms with van der Waals surface area (Å²) in [6.45, 7) is 1.52. The molecule has 1 aromatic heterocycles. The molecule has 68 valence electrons. The van der Waals surface area contributed by atoms with Gasteiger partial charge in [0, 0.05) is 7.05 Å². The van der Waals surface area contributed by atoms with Crippen LogP contribution in [0, 0.1) is 17.2 Å². The fourth-order valence-electron chi connectivity index (χ4n) is 0.673. The minimum Gasteiger partial charge on any atom is -0.303 e. The Labute approximate surface area is 75.2 Å². The zero-order valence-corrected chi connectivity index (χ0v) is 7.35. The van der Waals surface area contributed by atoms with E-state index in [9.17, 15) is 4.79 Å². The van der Waals surface area contributed by atoms with Gasteiger partial charge in [-0.25, -0.2) is 0 Å². The van der Waals surface area contributed by atoms with Crippen molar-refractivity contribution in [2.75, 3.05) is 5.32 Å². The molecule has 1 aromatic rings. The van der Waals surface area contributed by atoms with Crippen LogP contribution in [0.3, 0.4) is 0 Å². The van der Waals surface area contributed by atoms with Crippen LogP contribution in [0.15, 0.2) is 6.33 Å². The molecule has 1 amide bonds. The smallest absolute Gasteiger partial charge is 0.243 e. The molecule has 0 aliphatic carbocycles. The number of anilines is 1. The number of hydrogen-bond acceptors (Lipinski definition) is 4. The van der Waals surface area contributed by atoms with Gasteiger partial charge in [0.2, 0.25) is 11.9 Å². The lowest BCUT2D eigenvalue weighted by Crippen LogP contribution is -2.20. The van der Waals surface area contributed by atoms with Gasteiger partial charge in [-0.3, -0.25) is 10.1 Å². The molecular formula is C7H9N5O. The Morgan fingerprint density at radius 1 is 1.85 bits per heavy atom. The summed E-state index contributed by atoms with van der Waals surface area (Å²) in [5, 5.41) is 18.1. The maximum Gasteiger partial charge on any atom is 0.243 e. The zero-order chi connectivity index (χ0) is 9.84. The lowest BCUT2D eigenvalue weighted by Gasteiger charge is -2.03. The summed E-state index contributed by atoms with van der Waals surface area (Å²) in [7, 11) is 1.70. The van der Waals surface area contributed by atoms with Crippen LogP contribution in [0.5, 0.6) is 0 Å². The Morgan fingerprint density at radius 2 is 2.54 bits per heavy atom. The summed E-state index contributed by atoms with van der Waals surface area (Å²) in [6.07, 6.45) is 1.46. The second kappa shape index (κ2) is 3.67. The molecule has 6 heteroatoms. The molecule has 6 nitrogen and oxygen atoms in total. The summed E-state index contributed by atoms with van der Waals surface area (Å²) in [4.78, 5) is 11.2. The maximum atomic E-state index is 11.2. The first-order valence-corrected chi connectivity index (χ1v) is 3.69. The summed E-state index contributed by atoms with van der Waals surface area (Å²) < 4.78 is 1.56. The molecule has 0 spiro atoms. The third-order valence-electron chi connectivity index (χ3n) is 1.53. The maximum absolute atomic E-state index is 11.2. The quantitative estimate of drug-likeness (QED) is 0.687. The summed E-state index contributed by atoms with van der Waals surface area (Å²) in [6, 6.07) is 1.83. The fourth-order valence-corrected chi connectivity index (χ4v) is 0.673. The molecular weight excluding hydrogens is 170 g/mol. The van der Waals surface area contributed by atoms with E-state index in [1.165, 1.54) is 13.3 Å². The summed E-state index contributed by atoms with van der Waals surface area (Å²) >= 11 is 0. The van der Waals surface area contributed by atoms with Crippen LogP contribution >= 0.6 is 0 Å². The number of nitrogens with zero attached hydrogens (tertiary/aromatic N) is 4. The van der Waals surface area contributed by atoms with Crippen molar-refractivity contribution in [1.29, 1.82) is 5.26 Å². The van der Waals surface area contributed by atoms with Gasteiger partial charge < -0.3 is 4.57 Å². The minimum absolute atomic E-state index is 0.340. The summed E-state index contributed by atoms with van der Waals surface area (Å²) in [5.74, 6) is -0.720. The van der Waals surface area contributed by atoms with Crippen molar-refractivity contribution in [3.8, 4) is 6.07 Å². The third-order valence-corrected chi connectivity index (χ3v) is 1.53. The number of rotatable bonds is 2. The molecule has 13 heavy (non-hydrogen) atoms. The molecule has 1 atom stereocenters. The SMILES string of the molecule is CC(C#N)C(=O)Nc1nncn1C. The number of nitrogens with one attached hydrogen (secondary N) is 1. The first-order valence-electron chi connectivity index (χ1n) is 3.69. The largest absolute Gasteiger partial charge is 0.303 e. The van der Waals surface area contributed by atoms with E-state index in [-0.39, 0.29) is 5.91 Å². The van der Waals surface area contributed by atoms with E-state index < -0.39 is 5.92 Å². The number of aromatic nitrogens is 3. The standard InChI is InChI=1S/C7H9N5O/c1-5(3-8)6(13)10-7-11-9-4-12(7)2/h4-5H,1-2H3,(H,10,11,13). The van der Waals surface area contributed by atoms with E-state index in [0.29, 0.717) is 5.95 Å². The first kappa shape index (κ1) is 9.19. The van der Waals surface area contributed by atoms with Crippen molar-refractivity contribution >= 4 is 11.9 Å². The molecule has 0 bridgehead atoms. The lowest BCUT2D eigenvalue weighted by molar-refractivity contribution is -0.118. The molecule has 0 radical (unpaired) electrons. The van der Waals surface area contributed by atoms with Gasteiger partial charge in [0.25, 0.3) is 0 Å². The molecule has 1 heterocycles. The van der Waals surface area contributed by atoms with E-state index >= 15 is 0 Å². The van der Waals surface area contributed by atoms with Gasteiger partial charge in [-0.2, -0.15) is 5.26 Å². The molecule has 0 saturated carbocycles. The van der Waals surface area contributed by atoms with Crippen LogP contribution in [0.4, 0.5) is 5.95 Å². The fraction of sp³-hybridized carbons (Fsp3) is 0.429. The Hall–Kier alpha value is -1.90. The van der Waals surface area contributed by atoms with Crippen molar-refractivity contribution in [3.05, 3.63) is 6.33 Å². The Bertz CT molecular complexity index is 350. The van der Waals surface area contributed by atoms with Gasteiger partial charge in [0.1, 0.15) is 12.2 Å². The van der Waals surface area contributed by atoms with Crippen LogP contribution in [0.2, 0.25) is 0 Å². The topological polar surface area (TPSA) is 83.6 Å². The zero-order valence-electron chi connectivity index (χ0n) is 7.35. The van der Waals surface area contributed by atoms with E-state index in [2.05, 4.69) is 15.5 Å². The van der Waals surface area contributed by atoms with Gasteiger partial charge in [0.05, 0.1) is 6.07 Å². The molecule has 1 N–H and O–H groups in total. The van der Waals surface area contributed by atoms with E-state index in [1.54, 1.807) is 11.6 Å². The Kier molecular flexibility index (Phi) is 2.59. The average molecular weight is 179 g/mol. The monoisotopic (exact) mass is 179 g/mol. The molecule has 0 aromatic carbocycles. The van der Waals surface area contributed by atoms with E-state index in [0.717, 1.165) is 0 Å². The van der Waals surface area contributed by atoms with Gasteiger partial charge in [-0.1, -0.05) is 0 Å². The average Bonchev–Trinajstić information content (AvgIpc) is 2.50. The van der Waals surface area contributed by atoms with E-state index in [4.69, 9.17) is 5.26 Å². The predicted octanol–water partition coefficient (Wildman–Crippen LogP) is -0.0867. The highest BCUT2D eigenvalue weighted by Crippen LogP contribution is 2.01. The van der Waals surface area contributed by atoms with Crippen molar-refractivity contribution in [3.63, 3.8) is 0 Å². The normalized spacial score (nSPS) is 11.8. The van der Waals surface area contributed by atoms with Gasteiger partial charge in [0.15, 0.2) is 0 Å². The Morgan fingerprint density at radius 3 is 3.00 bits per heavy atom. The number of hydrogen-bond donors (Lipinski definition) is 1. The third kappa shape index (κ3) is 2.02. The number of carbonyl (C=O) groups is 1. The highest BCUT2D eigenvalue weighted by Gasteiger charge is 2.13. The number of amides is 1. The van der Waals surface area contributed by atoms with E-state index in [1.807, 2.05) is 6.07 Å². The van der Waals surface area contributed by atoms with Crippen molar-refractivity contribution in [2.24, 2.45) is 13.0 Å². The van der Waals surface area contributed by atoms with Gasteiger partial charge in [-0.05, 0) is 6.92 Å². The van der Waals surface area contributed by atoms with Crippen molar-refractivity contribution in [2.45, 2.75) is 6.92 Å². The predicted molar refractivity (Wildman–Crippen MR) is 44.4 cm³/mol. The highest BCUT2D eigenvalue weighted by atomic mass is 16.2.